The maximum absolute atomic E-state index is 12.5. The molecule has 5 nitrogen and oxygen atoms in total. The van der Waals surface area contributed by atoms with E-state index in [1.54, 1.807) is 33.7 Å². The molecule has 1 aromatic rings. The monoisotopic (exact) mass is 295 g/mol. The SMILES string of the molecule is C=CC(=O)N1CCCN(C(=O)c2cc(Cl)cn2C)CC1. The largest absolute Gasteiger partial charge is 0.345 e. The van der Waals surface area contributed by atoms with Crippen molar-refractivity contribution in [1.82, 2.24) is 14.4 Å². The van der Waals surface area contributed by atoms with E-state index in [9.17, 15) is 9.59 Å². The molecule has 0 N–H and O–H groups in total. The maximum atomic E-state index is 12.5. The lowest BCUT2D eigenvalue weighted by atomic mass is 10.3. The van der Waals surface area contributed by atoms with Crippen LogP contribution in [0, 0.1) is 0 Å². The zero-order valence-electron chi connectivity index (χ0n) is 11.5. The highest BCUT2D eigenvalue weighted by Gasteiger charge is 2.23. The van der Waals surface area contributed by atoms with Crippen LogP contribution in [0.15, 0.2) is 24.9 Å². The molecule has 2 amide bonds. The van der Waals surface area contributed by atoms with Gasteiger partial charge in [0.25, 0.3) is 5.91 Å². The molecule has 0 spiro atoms. The Hall–Kier alpha value is -1.75. The number of nitrogens with zero attached hydrogens (tertiary/aromatic N) is 3. The molecular formula is C14H18ClN3O2. The predicted molar refractivity (Wildman–Crippen MR) is 77.7 cm³/mol. The summed E-state index contributed by atoms with van der Waals surface area (Å²) in [5.41, 5.74) is 0.568. The van der Waals surface area contributed by atoms with E-state index in [0.29, 0.717) is 36.9 Å². The van der Waals surface area contributed by atoms with Crippen LogP contribution in [0.1, 0.15) is 16.9 Å². The number of aryl methyl sites for hydroxylation is 1. The Bertz CT molecular complexity index is 539. The third-order valence-corrected chi connectivity index (χ3v) is 3.67. The molecule has 1 aliphatic heterocycles. The Labute approximate surface area is 123 Å². The fourth-order valence-corrected chi connectivity index (χ4v) is 2.62. The molecular weight excluding hydrogens is 278 g/mol. The van der Waals surface area contributed by atoms with Crippen molar-refractivity contribution >= 4 is 23.4 Å². The van der Waals surface area contributed by atoms with E-state index in [0.717, 1.165) is 6.42 Å². The van der Waals surface area contributed by atoms with Gasteiger partial charge in [-0.2, -0.15) is 0 Å². The van der Waals surface area contributed by atoms with Crippen molar-refractivity contribution in [2.45, 2.75) is 6.42 Å². The van der Waals surface area contributed by atoms with Crippen LogP contribution in [0.5, 0.6) is 0 Å². The van der Waals surface area contributed by atoms with E-state index in [1.165, 1.54) is 6.08 Å². The minimum Gasteiger partial charge on any atom is -0.345 e. The summed E-state index contributed by atoms with van der Waals surface area (Å²) in [5.74, 6) is -0.131. The first kappa shape index (κ1) is 14.7. The van der Waals surface area contributed by atoms with Gasteiger partial charge in [0.2, 0.25) is 5.91 Å². The second-order valence-electron chi connectivity index (χ2n) is 4.83. The van der Waals surface area contributed by atoms with Gasteiger partial charge in [-0.3, -0.25) is 9.59 Å². The molecule has 1 aromatic heterocycles. The number of amides is 2. The number of hydrogen-bond acceptors (Lipinski definition) is 2. The molecule has 0 atom stereocenters. The highest BCUT2D eigenvalue weighted by Crippen LogP contribution is 2.16. The summed E-state index contributed by atoms with van der Waals surface area (Å²) in [7, 11) is 1.80. The van der Waals surface area contributed by atoms with Gasteiger partial charge in [0.15, 0.2) is 0 Å². The van der Waals surface area contributed by atoms with Crippen LogP contribution in [0.3, 0.4) is 0 Å². The first-order valence-electron chi connectivity index (χ1n) is 6.55. The summed E-state index contributed by atoms with van der Waals surface area (Å²) >= 11 is 5.91. The van der Waals surface area contributed by atoms with Gasteiger partial charge in [0, 0.05) is 39.4 Å². The molecule has 108 valence electrons. The lowest BCUT2D eigenvalue weighted by molar-refractivity contribution is -0.125. The quantitative estimate of drug-likeness (QED) is 0.777. The smallest absolute Gasteiger partial charge is 0.270 e. The maximum Gasteiger partial charge on any atom is 0.270 e. The summed E-state index contributed by atoms with van der Waals surface area (Å²) < 4.78 is 1.72. The van der Waals surface area contributed by atoms with E-state index < -0.39 is 0 Å². The second kappa shape index (κ2) is 6.13. The molecule has 0 saturated carbocycles. The minimum absolute atomic E-state index is 0.0488. The van der Waals surface area contributed by atoms with Crippen LogP contribution in [-0.4, -0.2) is 52.4 Å². The molecule has 6 heteroatoms. The van der Waals surface area contributed by atoms with Gasteiger partial charge in [-0.15, -0.1) is 0 Å². The van der Waals surface area contributed by atoms with Gasteiger partial charge in [-0.1, -0.05) is 18.2 Å². The highest BCUT2D eigenvalue weighted by atomic mass is 35.5. The van der Waals surface area contributed by atoms with Crippen molar-refractivity contribution in [2.75, 3.05) is 26.2 Å². The van der Waals surface area contributed by atoms with Gasteiger partial charge in [-0.25, -0.2) is 0 Å². The summed E-state index contributed by atoms with van der Waals surface area (Å²) in [4.78, 5) is 27.5. The van der Waals surface area contributed by atoms with E-state index in [1.807, 2.05) is 0 Å². The average molecular weight is 296 g/mol. The number of halogens is 1. The van der Waals surface area contributed by atoms with Crippen molar-refractivity contribution in [3.8, 4) is 0 Å². The zero-order chi connectivity index (χ0) is 14.7. The van der Waals surface area contributed by atoms with Gasteiger partial charge in [0.05, 0.1) is 5.02 Å². The van der Waals surface area contributed by atoms with Crippen LogP contribution in [0.25, 0.3) is 0 Å². The number of carbonyl (C=O) groups excluding carboxylic acids is 2. The van der Waals surface area contributed by atoms with Crippen molar-refractivity contribution in [1.29, 1.82) is 0 Å². The first-order chi connectivity index (χ1) is 9.52. The minimum atomic E-state index is -0.0822. The summed E-state index contributed by atoms with van der Waals surface area (Å²) in [6.45, 7) is 5.85. The Balaban J connectivity index is 2.07. The molecule has 0 bridgehead atoms. The topological polar surface area (TPSA) is 45.6 Å². The molecule has 2 heterocycles. The van der Waals surface area contributed by atoms with Crippen LogP contribution >= 0.6 is 11.6 Å². The molecule has 0 unspecified atom stereocenters. The van der Waals surface area contributed by atoms with E-state index in [2.05, 4.69) is 6.58 Å². The van der Waals surface area contributed by atoms with Crippen LogP contribution < -0.4 is 0 Å². The van der Waals surface area contributed by atoms with Crippen molar-refractivity contribution < 1.29 is 9.59 Å². The summed E-state index contributed by atoms with van der Waals surface area (Å²) in [6.07, 6.45) is 3.79. The molecule has 0 radical (unpaired) electrons. The molecule has 1 fully saturated rings. The van der Waals surface area contributed by atoms with E-state index >= 15 is 0 Å². The van der Waals surface area contributed by atoms with Crippen molar-refractivity contribution in [2.24, 2.45) is 7.05 Å². The predicted octanol–water partition coefficient (Wildman–Crippen LogP) is 1.54. The Morgan fingerprint density at radius 3 is 2.50 bits per heavy atom. The average Bonchev–Trinajstić information content (AvgIpc) is 2.66. The van der Waals surface area contributed by atoms with Gasteiger partial charge in [-0.05, 0) is 18.6 Å². The van der Waals surface area contributed by atoms with Crippen LogP contribution in [0.4, 0.5) is 0 Å². The van der Waals surface area contributed by atoms with Gasteiger partial charge in [0.1, 0.15) is 5.69 Å². The standard InChI is InChI=1S/C14H18ClN3O2/c1-3-13(19)17-5-4-6-18(8-7-17)14(20)12-9-11(15)10-16(12)2/h3,9-10H,1,4-8H2,2H3. The Morgan fingerprint density at radius 1 is 1.25 bits per heavy atom. The third kappa shape index (κ3) is 3.04. The molecule has 0 aliphatic carbocycles. The molecule has 20 heavy (non-hydrogen) atoms. The van der Waals surface area contributed by atoms with Crippen LogP contribution in [-0.2, 0) is 11.8 Å². The van der Waals surface area contributed by atoms with Crippen molar-refractivity contribution in [3.63, 3.8) is 0 Å². The number of hydrogen-bond donors (Lipinski definition) is 0. The van der Waals surface area contributed by atoms with Crippen LogP contribution in [0.2, 0.25) is 5.02 Å². The van der Waals surface area contributed by atoms with E-state index in [-0.39, 0.29) is 11.8 Å². The summed E-state index contributed by atoms with van der Waals surface area (Å²) in [5, 5.41) is 0.550. The summed E-state index contributed by atoms with van der Waals surface area (Å²) in [6, 6.07) is 1.67. The molecule has 1 aliphatic rings. The number of aromatic nitrogens is 1. The normalized spacial score (nSPS) is 15.9. The third-order valence-electron chi connectivity index (χ3n) is 3.46. The number of carbonyl (C=O) groups is 2. The van der Waals surface area contributed by atoms with Gasteiger partial charge < -0.3 is 14.4 Å². The fourth-order valence-electron chi connectivity index (χ4n) is 2.37. The lowest BCUT2D eigenvalue weighted by Gasteiger charge is -2.21. The number of rotatable bonds is 2. The van der Waals surface area contributed by atoms with Gasteiger partial charge >= 0.3 is 0 Å². The molecule has 2 rings (SSSR count). The lowest BCUT2D eigenvalue weighted by Crippen LogP contribution is -2.37. The second-order valence-corrected chi connectivity index (χ2v) is 5.27. The molecule has 0 aromatic carbocycles. The van der Waals surface area contributed by atoms with Crippen molar-refractivity contribution in [3.05, 3.63) is 35.6 Å². The zero-order valence-corrected chi connectivity index (χ0v) is 12.3. The Morgan fingerprint density at radius 2 is 1.90 bits per heavy atom. The first-order valence-corrected chi connectivity index (χ1v) is 6.93. The highest BCUT2D eigenvalue weighted by molar-refractivity contribution is 6.31. The Kier molecular flexibility index (Phi) is 4.49. The molecule has 1 saturated heterocycles. The van der Waals surface area contributed by atoms with E-state index in [4.69, 9.17) is 11.6 Å². The fraction of sp³-hybridized carbons (Fsp3) is 0.429.